The number of nitrogens with two attached hydrogens (primary N) is 1. The molecule has 0 aliphatic carbocycles. The molecule has 0 radical (unpaired) electrons. The van der Waals surface area contributed by atoms with Gasteiger partial charge in [0.15, 0.2) is 0 Å². The van der Waals surface area contributed by atoms with Crippen LogP contribution in [0, 0.1) is 0 Å². The van der Waals surface area contributed by atoms with Gasteiger partial charge in [0, 0.05) is 42.9 Å². The van der Waals surface area contributed by atoms with Gasteiger partial charge < -0.3 is 72.6 Å². The fourth-order valence-electron chi connectivity index (χ4n) is 9.58. The van der Waals surface area contributed by atoms with Crippen LogP contribution >= 0.6 is 0 Å². The maximum Gasteiger partial charge on any atom is 0.446 e. The van der Waals surface area contributed by atoms with Gasteiger partial charge in [-0.2, -0.15) is 8.42 Å². The minimum atomic E-state index is -4.92. The molecule has 0 bridgehead atoms. The SMILES string of the molecule is CCCC[C@H](NC(=O)[C@H](Cc1c[nH]c2ccccc12)NC(=O)[C@H]1CCCCNC(=O)C[C@@H](NC(=O)OC(C)(C)C)C(=O)N[C@@H](Cc2ccc(OS(=O)(=O)O)cc2)C(=O)N[C@@H](CCCC)C(=O)N1)C(=O)N[C@@H](CC(=O)O)C(=O)N[C@@H](Cc1ccccc1)C(N)=O. The van der Waals surface area contributed by atoms with Gasteiger partial charge in [-0.1, -0.05) is 100 Å². The second-order valence-corrected chi connectivity index (χ2v) is 23.6. The molecule has 0 saturated carbocycles. The number of alkyl carbamates (subject to hydrolysis) is 1. The van der Waals surface area contributed by atoms with Crippen molar-refractivity contribution in [2.45, 2.75) is 178 Å². The molecule has 4 aromatic rings. The zero-order valence-electron chi connectivity index (χ0n) is 50.3. The van der Waals surface area contributed by atoms with Gasteiger partial charge in [0.25, 0.3) is 0 Å². The number of aromatic nitrogens is 1. The van der Waals surface area contributed by atoms with Crippen LogP contribution in [0.4, 0.5) is 4.79 Å². The van der Waals surface area contributed by atoms with Crippen molar-refractivity contribution >= 4 is 86.5 Å². The van der Waals surface area contributed by atoms with Crippen molar-refractivity contribution in [3.63, 3.8) is 0 Å². The molecule has 0 unspecified atom stereocenters. The highest BCUT2D eigenvalue weighted by Crippen LogP contribution is 2.21. The van der Waals surface area contributed by atoms with Gasteiger partial charge in [-0.3, -0.25) is 52.5 Å². The largest absolute Gasteiger partial charge is 0.481 e. The van der Waals surface area contributed by atoms with Crippen LogP contribution < -0.4 is 57.8 Å². The highest BCUT2D eigenvalue weighted by atomic mass is 32.3. The number of carbonyl (C=O) groups excluding carboxylic acids is 10. The number of aliphatic carboxylic acids is 1. The van der Waals surface area contributed by atoms with Crippen LogP contribution in [-0.2, 0) is 82.3 Å². The van der Waals surface area contributed by atoms with Crippen molar-refractivity contribution in [1.82, 2.24) is 52.8 Å². The first kappa shape index (κ1) is 70.6. The number of benzene rings is 3. The van der Waals surface area contributed by atoms with Gasteiger partial charge in [-0.15, -0.1) is 0 Å². The summed E-state index contributed by atoms with van der Waals surface area (Å²) >= 11 is 0. The van der Waals surface area contributed by atoms with E-state index in [2.05, 4.69) is 57.0 Å². The number of carboxylic acids is 1. The Morgan fingerprint density at radius 1 is 0.708 bits per heavy atom. The van der Waals surface area contributed by atoms with Crippen LogP contribution in [-0.4, -0.2) is 149 Å². The number of H-pyrrole nitrogens is 1. The van der Waals surface area contributed by atoms with E-state index in [1.165, 1.54) is 12.1 Å². The van der Waals surface area contributed by atoms with E-state index in [0.29, 0.717) is 53.3 Å². The third-order valence-corrected chi connectivity index (χ3v) is 14.5. The number of ether oxygens (including phenoxy) is 1. The Hall–Kier alpha value is -9.12. The van der Waals surface area contributed by atoms with Gasteiger partial charge in [0.2, 0.25) is 53.2 Å². The number of carboxylic acid groups (broad SMARTS) is 1. The number of hydrogen-bond acceptors (Lipinski definition) is 15. The zero-order valence-corrected chi connectivity index (χ0v) is 51.1. The summed E-state index contributed by atoms with van der Waals surface area (Å²) < 4.78 is 41.9. The maximum absolute atomic E-state index is 14.9. The highest BCUT2D eigenvalue weighted by Gasteiger charge is 2.37. The Morgan fingerprint density at radius 2 is 1.33 bits per heavy atom. The Labute approximate surface area is 515 Å². The molecular weight excluding hydrogens is 1180 g/mol. The number of aromatic amines is 1. The number of para-hydroxylation sites is 1. The lowest BCUT2D eigenvalue weighted by Gasteiger charge is -2.28. The minimum absolute atomic E-state index is 0.00714. The molecule has 28 nitrogen and oxygen atoms in total. The van der Waals surface area contributed by atoms with Crippen molar-refractivity contribution in [3.8, 4) is 5.75 Å². The van der Waals surface area contributed by atoms with Crippen molar-refractivity contribution in [3.05, 3.63) is 102 Å². The molecule has 1 saturated heterocycles. The summed E-state index contributed by atoms with van der Waals surface area (Å²) in [4.78, 5) is 156. The predicted molar refractivity (Wildman–Crippen MR) is 323 cm³/mol. The molecule has 5 rings (SSSR count). The molecule has 29 heteroatoms. The van der Waals surface area contributed by atoms with E-state index in [4.69, 9.17) is 10.5 Å². The van der Waals surface area contributed by atoms with Crippen molar-refractivity contribution in [1.29, 1.82) is 0 Å². The van der Waals surface area contributed by atoms with E-state index in [-0.39, 0.29) is 63.7 Å². The summed E-state index contributed by atoms with van der Waals surface area (Å²) in [7, 11) is -4.92. The molecule has 2 heterocycles. The average Bonchev–Trinajstić information content (AvgIpc) is 2.12. The maximum atomic E-state index is 14.9. The Bertz CT molecular complexity index is 3250. The summed E-state index contributed by atoms with van der Waals surface area (Å²) in [5, 5.41) is 33.9. The lowest BCUT2D eigenvalue weighted by Crippen LogP contribution is -2.61. The molecule has 1 fully saturated rings. The smallest absolute Gasteiger partial charge is 0.446 e. The number of primary amides is 1. The summed E-state index contributed by atoms with van der Waals surface area (Å²) in [6, 6.07) is 8.69. The van der Waals surface area contributed by atoms with Crippen molar-refractivity contribution < 1.29 is 79.7 Å². The summed E-state index contributed by atoms with van der Waals surface area (Å²) in [6.07, 6.45) is 0.396. The zero-order chi connectivity index (χ0) is 65.4. The lowest BCUT2D eigenvalue weighted by molar-refractivity contribution is -0.141. The third-order valence-electron chi connectivity index (χ3n) is 14.1. The Morgan fingerprint density at radius 3 is 1.98 bits per heavy atom. The quantitative estimate of drug-likeness (QED) is 0.0398. The van der Waals surface area contributed by atoms with Crippen LogP contribution in [0.25, 0.3) is 10.9 Å². The first-order valence-electron chi connectivity index (χ1n) is 29.4. The molecule has 10 amide bonds. The molecule has 484 valence electrons. The molecule has 1 aromatic heterocycles. The predicted octanol–water partition coefficient (Wildman–Crippen LogP) is 1.69. The average molecular weight is 1260 g/mol. The number of carbonyl (C=O) groups is 11. The van der Waals surface area contributed by atoms with Crippen LogP contribution in [0.1, 0.15) is 122 Å². The summed E-state index contributed by atoms with van der Waals surface area (Å²) in [6.45, 7) is 8.36. The first-order valence-corrected chi connectivity index (χ1v) is 30.7. The molecule has 3 aromatic carbocycles. The lowest BCUT2D eigenvalue weighted by atomic mass is 10.0. The van der Waals surface area contributed by atoms with Gasteiger partial charge in [-0.05, 0) is 87.8 Å². The molecule has 8 atom stereocenters. The van der Waals surface area contributed by atoms with Crippen molar-refractivity contribution in [2.24, 2.45) is 5.73 Å². The number of unbranched alkanes of at least 4 members (excludes halogenated alkanes) is 2. The number of hydrogen-bond donors (Lipinski definition) is 13. The Balaban J connectivity index is 1.48. The van der Waals surface area contributed by atoms with Gasteiger partial charge in [0.05, 0.1) is 12.8 Å². The first-order chi connectivity index (χ1) is 42.1. The molecule has 14 N–H and O–H groups in total. The van der Waals surface area contributed by atoms with Crippen LogP contribution in [0.3, 0.4) is 0 Å². The number of fused-ring (bicyclic) bond motifs is 1. The molecule has 1 aliphatic rings. The fourth-order valence-corrected chi connectivity index (χ4v) is 9.94. The van der Waals surface area contributed by atoms with Gasteiger partial charge >= 0.3 is 22.5 Å². The van der Waals surface area contributed by atoms with E-state index in [1.807, 2.05) is 13.8 Å². The van der Waals surface area contributed by atoms with E-state index < -0.39 is 142 Å². The van der Waals surface area contributed by atoms with Gasteiger partial charge in [0.1, 0.15) is 59.7 Å². The van der Waals surface area contributed by atoms with Crippen LogP contribution in [0.5, 0.6) is 5.75 Å². The summed E-state index contributed by atoms with van der Waals surface area (Å²) in [5.74, 6) is -9.97. The second kappa shape index (κ2) is 33.9. The molecule has 89 heavy (non-hydrogen) atoms. The monoisotopic (exact) mass is 1260 g/mol. The molecule has 1 aliphatic heterocycles. The molecule has 0 spiro atoms. The van der Waals surface area contributed by atoms with E-state index >= 15 is 0 Å². The normalized spacial score (nSPS) is 18.5. The number of nitrogens with one attached hydrogen (secondary N) is 10. The fraction of sp³-hybridized carbons (Fsp3) is 0.483. The highest BCUT2D eigenvalue weighted by molar-refractivity contribution is 7.81. The van der Waals surface area contributed by atoms with E-state index in [9.17, 15) is 70.8 Å². The third kappa shape index (κ3) is 24.2. The van der Waals surface area contributed by atoms with Crippen LogP contribution in [0.2, 0.25) is 0 Å². The van der Waals surface area contributed by atoms with Crippen molar-refractivity contribution in [2.75, 3.05) is 6.54 Å². The molecular formula is C60H81N11O17S. The van der Waals surface area contributed by atoms with Gasteiger partial charge in [-0.25, -0.2) is 4.79 Å². The van der Waals surface area contributed by atoms with E-state index in [0.717, 1.165) is 12.1 Å². The van der Waals surface area contributed by atoms with E-state index in [1.54, 1.807) is 81.6 Å². The minimum Gasteiger partial charge on any atom is -0.481 e. The topological polar surface area (TPSA) is 431 Å². The standard InChI is InChI=1S/C60H81N11O17S/c1-6-8-20-41-52(76)64-43(23-15-16-28-62-49(72)32-47(71-59(83)87-60(3,4)5)57(81)68-45(55(79)65-41)30-36-24-26-38(27-25-36)88-89(84,85)86)54(78)69-46(31-37-34-63-40-22-14-13-19-39(37)40)56(80)66-42(21-9-7-2)53(77)70-48(33-50(73)74)58(82)67-44(51(61)75)29-35-17-11-10-12-18-35/h10-14,17-19,22,24-27,34,41-48,63H,6-9,15-16,20-21,23,28-33H2,1-5H3,(H2,61,75)(H,62,72)(H,64,76)(H,65,79)(H,66,80)(H,67,82)(H,68,81)(H,69,78)(H,70,77)(H,71,83)(H,73,74)(H,84,85,86)/t41-,42-,43+,44-,45-,46-,47+,48-/m0/s1. The Kier molecular flexibility index (Phi) is 26.9. The number of rotatable bonds is 26. The number of amides is 10. The van der Waals surface area contributed by atoms with Crippen LogP contribution in [0.15, 0.2) is 85.1 Å². The summed E-state index contributed by atoms with van der Waals surface area (Å²) in [5.41, 5.74) is 6.76. The second-order valence-electron chi connectivity index (χ2n) is 22.6.